The predicted octanol–water partition coefficient (Wildman–Crippen LogP) is 2.49. The molecule has 1 aromatic rings. The van der Waals surface area contributed by atoms with Crippen LogP contribution in [0.15, 0.2) is 18.2 Å². The zero-order valence-electron chi connectivity index (χ0n) is 13.8. The molecule has 1 amide bonds. The topological polar surface area (TPSA) is 64.8 Å². The first kappa shape index (κ1) is 16.6. The fourth-order valence-corrected chi connectivity index (χ4v) is 2.97. The summed E-state index contributed by atoms with van der Waals surface area (Å²) in [6, 6.07) is 5.54. The van der Waals surface area contributed by atoms with Gasteiger partial charge >= 0.3 is 0 Å². The van der Waals surface area contributed by atoms with Gasteiger partial charge in [-0.15, -0.1) is 0 Å². The molecule has 2 N–H and O–H groups in total. The molecule has 2 unspecified atom stereocenters. The number of amides is 1. The van der Waals surface area contributed by atoms with E-state index < -0.39 is 0 Å². The molecule has 0 radical (unpaired) electrons. The molecular formula is C17H26N2O3. The molecule has 122 valence electrons. The molecule has 1 aliphatic rings. The lowest BCUT2D eigenvalue weighted by Crippen LogP contribution is -2.33. The highest BCUT2D eigenvalue weighted by molar-refractivity contribution is 5.80. The Bertz CT molecular complexity index is 531. The van der Waals surface area contributed by atoms with E-state index in [1.54, 1.807) is 7.11 Å². The van der Waals surface area contributed by atoms with Gasteiger partial charge in [-0.05, 0) is 38.0 Å². The van der Waals surface area contributed by atoms with E-state index in [0.29, 0.717) is 17.9 Å². The number of methoxy groups -OCH3 is 1. The van der Waals surface area contributed by atoms with Gasteiger partial charge in [0.1, 0.15) is 0 Å². The number of benzene rings is 1. The number of carbonyl (C=O) groups is 1. The number of likely N-dealkylation sites (tertiary alicyclic amines) is 1. The third-order valence-electron chi connectivity index (χ3n) is 3.83. The summed E-state index contributed by atoms with van der Waals surface area (Å²) in [6.45, 7) is 6.74. The second-order valence-electron chi connectivity index (χ2n) is 5.98. The van der Waals surface area contributed by atoms with E-state index in [1.165, 1.54) is 0 Å². The van der Waals surface area contributed by atoms with Crippen molar-refractivity contribution in [3.63, 3.8) is 0 Å². The Morgan fingerprint density at radius 1 is 1.36 bits per heavy atom. The molecular weight excluding hydrogens is 280 g/mol. The molecule has 5 heteroatoms. The first-order chi connectivity index (χ1) is 10.5. The quantitative estimate of drug-likeness (QED) is 0.877. The molecule has 5 nitrogen and oxygen atoms in total. The van der Waals surface area contributed by atoms with Crippen molar-refractivity contribution in [2.45, 2.75) is 51.8 Å². The molecule has 1 aliphatic heterocycles. The van der Waals surface area contributed by atoms with Gasteiger partial charge in [0.05, 0.1) is 19.3 Å². The average molecular weight is 306 g/mol. The van der Waals surface area contributed by atoms with Crippen molar-refractivity contribution in [3.05, 3.63) is 23.8 Å². The van der Waals surface area contributed by atoms with E-state index >= 15 is 0 Å². The van der Waals surface area contributed by atoms with E-state index in [0.717, 1.165) is 18.5 Å². The zero-order valence-corrected chi connectivity index (χ0v) is 13.8. The Kier molecular flexibility index (Phi) is 5.29. The Morgan fingerprint density at radius 2 is 2.09 bits per heavy atom. The molecule has 0 spiro atoms. The van der Waals surface area contributed by atoms with Crippen LogP contribution in [-0.4, -0.2) is 36.6 Å². The molecule has 22 heavy (non-hydrogen) atoms. The van der Waals surface area contributed by atoms with E-state index in [9.17, 15) is 4.79 Å². The molecule has 1 saturated heterocycles. The highest BCUT2D eigenvalue weighted by atomic mass is 16.5. The second kappa shape index (κ2) is 7.01. The highest BCUT2D eigenvalue weighted by Gasteiger charge is 2.38. The van der Waals surface area contributed by atoms with E-state index in [-0.39, 0.29) is 24.1 Å². The maximum absolute atomic E-state index is 12.1. The number of carbonyl (C=O) groups excluding carboxylic acids is 1. The first-order valence-corrected chi connectivity index (χ1v) is 7.87. The van der Waals surface area contributed by atoms with Crippen molar-refractivity contribution in [2.75, 3.05) is 13.7 Å². The van der Waals surface area contributed by atoms with Crippen molar-refractivity contribution in [3.8, 4) is 11.5 Å². The van der Waals surface area contributed by atoms with E-state index in [1.807, 2.05) is 36.9 Å². The zero-order chi connectivity index (χ0) is 16.3. The van der Waals surface area contributed by atoms with Gasteiger partial charge in [-0.25, -0.2) is 0 Å². The molecule has 0 saturated carbocycles. The third kappa shape index (κ3) is 3.35. The smallest absolute Gasteiger partial charge is 0.224 e. The van der Waals surface area contributed by atoms with Crippen LogP contribution in [0.3, 0.4) is 0 Å². The van der Waals surface area contributed by atoms with Crippen molar-refractivity contribution < 1.29 is 14.3 Å². The molecule has 2 atom stereocenters. The molecule has 0 aliphatic carbocycles. The lowest BCUT2D eigenvalue weighted by atomic mass is 10.00. The standard InChI is InChI=1S/C17H26N2O3/c1-5-8-19-16(20)10-13(18)17(19)12-6-7-14(22-11(2)3)15(9-12)21-4/h6-7,9,11,13,17H,5,8,10,18H2,1-4H3. The fourth-order valence-electron chi connectivity index (χ4n) is 2.97. The summed E-state index contributed by atoms with van der Waals surface area (Å²) in [5.74, 6) is 1.51. The van der Waals surface area contributed by atoms with Crippen LogP contribution in [0.4, 0.5) is 0 Å². The van der Waals surface area contributed by atoms with Crippen molar-refractivity contribution in [1.82, 2.24) is 4.90 Å². The van der Waals surface area contributed by atoms with Crippen molar-refractivity contribution in [1.29, 1.82) is 0 Å². The lowest BCUT2D eigenvalue weighted by Gasteiger charge is -2.27. The van der Waals surface area contributed by atoms with Crippen LogP contribution in [0.2, 0.25) is 0 Å². The number of nitrogens with two attached hydrogens (primary N) is 1. The average Bonchev–Trinajstić information content (AvgIpc) is 2.74. The number of ether oxygens (including phenoxy) is 2. The van der Waals surface area contributed by atoms with Crippen LogP contribution in [-0.2, 0) is 4.79 Å². The monoisotopic (exact) mass is 306 g/mol. The Morgan fingerprint density at radius 3 is 2.68 bits per heavy atom. The Balaban J connectivity index is 2.32. The maximum atomic E-state index is 12.1. The van der Waals surface area contributed by atoms with Gasteiger partial charge in [0.15, 0.2) is 11.5 Å². The van der Waals surface area contributed by atoms with Gasteiger partial charge in [-0.2, -0.15) is 0 Å². The van der Waals surface area contributed by atoms with Gasteiger partial charge in [0.2, 0.25) is 5.91 Å². The van der Waals surface area contributed by atoms with E-state index in [4.69, 9.17) is 15.2 Å². The van der Waals surface area contributed by atoms with Crippen LogP contribution >= 0.6 is 0 Å². The minimum atomic E-state index is -0.180. The SMILES string of the molecule is CCCN1C(=O)CC(N)C1c1ccc(OC(C)C)c(OC)c1. The summed E-state index contributed by atoms with van der Waals surface area (Å²) in [6.07, 6.45) is 1.39. The fraction of sp³-hybridized carbons (Fsp3) is 0.588. The van der Waals surface area contributed by atoms with Crippen LogP contribution in [0.25, 0.3) is 0 Å². The number of rotatable bonds is 6. The van der Waals surface area contributed by atoms with E-state index in [2.05, 4.69) is 6.92 Å². The third-order valence-corrected chi connectivity index (χ3v) is 3.83. The molecule has 0 bridgehead atoms. The maximum Gasteiger partial charge on any atom is 0.224 e. The summed E-state index contributed by atoms with van der Waals surface area (Å²) in [5.41, 5.74) is 7.20. The molecule has 1 aromatic carbocycles. The summed E-state index contributed by atoms with van der Waals surface area (Å²) < 4.78 is 11.2. The summed E-state index contributed by atoms with van der Waals surface area (Å²) >= 11 is 0. The van der Waals surface area contributed by atoms with Gasteiger partial charge < -0.3 is 20.1 Å². The summed E-state index contributed by atoms with van der Waals surface area (Å²) in [4.78, 5) is 14.0. The minimum absolute atomic E-state index is 0.0756. The second-order valence-corrected chi connectivity index (χ2v) is 5.98. The summed E-state index contributed by atoms with van der Waals surface area (Å²) in [5, 5.41) is 0. The van der Waals surface area contributed by atoms with Crippen LogP contribution in [0.1, 0.15) is 45.2 Å². The minimum Gasteiger partial charge on any atom is -0.493 e. The summed E-state index contributed by atoms with van der Waals surface area (Å²) in [7, 11) is 1.62. The van der Waals surface area contributed by atoms with Crippen LogP contribution in [0, 0.1) is 0 Å². The van der Waals surface area contributed by atoms with Gasteiger partial charge in [-0.3, -0.25) is 4.79 Å². The Hall–Kier alpha value is -1.75. The van der Waals surface area contributed by atoms with Crippen LogP contribution < -0.4 is 15.2 Å². The van der Waals surface area contributed by atoms with Crippen molar-refractivity contribution in [2.24, 2.45) is 5.73 Å². The van der Waals surface area contributed by atoms with Crippen LogP contribution in [0.5, 0.6) is 11.5 Å². The predicted molar refractivity (Wildman–Crippen MR) is 86.1 cm³/mol. The lowest BCUT2D eigenvalue weighted by molar-refractivity contribution is -0.129. The normalized spacial score (nSPS) is 21.5. The number of nitrogens with zero attached hydrogens (tertiary/aromatic N) is 1. The molecule has 0 aromatic heterocycles. The number of hydrogen-bond acceptors (Lipinski definition) is 4. The van der Waals surface area contributed by atoms with Gasteiger partial charge in [0.25, 0.3) is 0 Å². The first-order valence-electron chi connectivity index (χ1n) is 7.87. The molecule has 2 rings (SSSR count). The Labute approximate surface area is 132 Å². The van der Waals surface area contributed by atoms with Gasteiger partial charge in [0, 0.05) is 19.0 Å². The number of hydrogen-bond donors (Lipinski definition) is 1. The largest absolute Gasteiger partial charge is 0.493 e. The van der Waals surface area contributed by atoms with Gasteiger partial charge in [-0.1, -0.05) is 13.0 Å². The highest BCUT2D eigenvalue weighted by Crippen LogP contribution is 2.37. The molecule has 1 fully saturated rings. The molecule has 1 heterocycles. The van der Waals surface area contributed by atoms with Crippen molar-refractivity contribution >= 4 is 5.91 Å².